The molecule has 0 unspecified atom stereocenters. The van der Waals surface area contributed by atoms with Crippen LogP contribution >= 0.6 is 15.9 Å². The van der Waals surface area contributed by atoms with Gasteiger partial charge in [0.15, 0.2) is 5.69 Å². The third-order valence-electron chi connectivity index (χ3n) is 2.72. The normalized spacial score (nSPS) is 10.1. The topological polar surface area (TPSA) is 118 Å². The van der Waals surface area contributed by atoms with Crippen LogP contribution in [-0.2, 0) is 0 Å². The second kappa shape index (κ2) is 5.80. The summed E-state index contributed by atoms with van der Waals surface area (Å²) in [7, 11) is 0. The second-order valence-corrected chi connectivity index (χ2v) is 5.03. The zero-order valence-corrected chi connectivity index (χ0v) is 12.1. The number of nitrogens with zero attached hydrogens (tertiary/aromatic N) is 1. The van der Waals surface area contributed by atoms with E-state index >= 15 is 0 Å². The van der Waals surface area contributed by atoms with Gasteiger partial charge in [-0.25, -0.2) is 0 Å². The van der Waals surface area contributed by atoms with E-state index in [0.717, 1.165) is 0 Å². The number of benzene rings is 2. The van der Waals surface area contributed by atoms with Crippen molar-refractivity contribution in [3.05, 3.63) is 56.5 Å². The first-order valence-electron chi connectivity index (χ1n) is 5.73. The molecule has 2 aromatic rings. The molecule has 108 valence electrons. The molecule has 1 amide bonds. The number of hydrogen-bond acceptors (Lipinski definition) is 5. The summed E-state index contributed by atoms with van der Waals surface area (Å²) in [4.78, 5) is 22.4. The van der Waals surface area contributed by atoms with E-state index < -0.39 is 22.3 Å². The van der Waals surface area contributed by atoms with E-state index in [1.165, 1.54) is 30.3 Å². The number of carbonyl (C=O) groups excluding carboxylic acids is 1. The number of amides is 1. The highest BCUT2D eigenvalue weighted by molar-refractivity contribution is 9.10. The van der Waals surface area contributed by atoms with Crippen LogP contribution in [0.2, 0.25) is 0 Å². The minimum absolute atomic E-state index is 0.141. The number of carbonyl (C=O) groups is 1. The van der Waals surface area contributed by atoms with Crippen LogP contribution in [0.5, 0.6) is 5.75 Å². The molecule has 0 aromatic heterocycles. The molecule has 4 N–H and O–H groups in total. The molecule has 0 heterocycles. The van der Waals surface area contributed by atoms with E-state index in [4.69, 9.17) is 5.73 Å². The Morgan fingerprint density at radius 3 is 2.71 bits per heavy atom. The first-order valence-corrected chi connectivity index (χ1v) is 6.52. The van der Waals surface area contributed by atoms with E-state index in [0.29, 0.717) is 4.47 Å². The van der Waals surface area contributed by atoms with Gasteiger partial charge in [0.05, 0.1) is 10.5 Å². The number of rotatable bonds is 3. The van der Waals surface area contributed by atoms with Gasteiger partial charge in [0.1, 0.15) is 5.75 Å². The van der Waals surface area contributed by atoms with Crippen LogP contribution in [0.25, 0.3) is 0 Å². The number of phenols is 1. The Bertz CT molecular complexity index is 733. The molecule has 21 heavy (non-hydrogen) atoms. The van der Waals surface area contributed by atoms with Gasteiger partial charge in [0.25, 0.3) is 11.6 Å². The van der Waals surface area contributed by atoms with Crippen molar-refractivity contribution in [2.75, 3.05) is 11.1 Å². The molecule has 0 aliphatic heterocycles. The van der Waals surface area contributed by atoms with Crippen LogP contribution in [0.1, 0.15) is 10.4 Å². The fourth-order valence-electron chi connectivity index (χ4n) is 1.71. The predicted octanol–water partition coefficient (Wildman–Crippen LogP) is 2.90. The van der Waals surface area contributed by atoms with Crippen molar-refractivity contribution in [1.29, 1.82) is 0 Å². The Morgan fingerprint density at radius 1 is 1.33 bits per heavy atom. The number of phenolic OH excluding ortho intramolecular Hbond substituents is 1. The van der Waals surface area contributed by atoms with E-state index in [-0.39, 0.29) is 16.9 Å². The lowest BCUT2D eigenvalue weighted by molar-refractivity contribution is -0.384. The molecule has 2 rings (SSSR count). The quantitative estimate of drug-likeness (QED) is 0.340. The minimum Gasteiger partial charge on any atom is -0.505 e. The van der Waals surface area contributed by atoms with Crippen molar-refractivity contribution < 1.29 is 14.8 Å². The number of halogens is 1. The Hall–Kier alpha value is -2.61. The number of anilines is 2. The summed E-state index contributed by atoms with van der Waals surface area (Å²) in [6.07, 6.45) is 0. The molecule has 0 saturated heterocycles. The van der Waals surface area contributed by atoms with Crippen LogP contribution in [0.15, 0.2) is 40.9 Å². The van der Waals surface area contributed by atoms with Crippen molar-refractivity contribution in [1.82, 2.24) is 0 Å². The molecule has 0 bridgehead atoms. The third-order valence-corrected chi connectivity index (χ3v) is 3.21. The minimum atomic E-state index is -0.695. The van der Waals surface area contributed by atoms with Crippen molar-refractivity contribution in [3.8, 4) is 5.75 Å². The maximum atomic E-state index is 12.2. The molecular formula is C13H10BrN3O4. The van der Waals surface area contributed by atoms with Gasteiger partial charge in [0.2, 0.25) is 0 Å². The van der Waals surface area contributed by atoms with Crippen LogP contribution in [0.3, 0.4) is 0 Å². The molecule has 0 radical (unpaired) electrons. The number of nitrogens with one attached hydrogen (secondary N) is 1. The maximum Gasteiger partial charge on any atom is 0.296 e. The fourth-order valence-corrected chi connectivity index (χ4v) is 2.08. The van der Waals surface area contributed by atoms with Crippen LogP contribution in [-0.4, -0.2) is 15.9 Å². The monoisotopic (exact) mass is 351 g/mol. The Kier molecular flexibility index (Phi) is 4.08. The summed E-state index contributed by atoms with van der Waals surface area (Å²) in [5.41, 5.74) is 5.38. The van der Waals surface area contributed by atoms with Crippen molar-refractivity contribution in [2.24, 2.45) is 0 Å². The van der Waals surface area contributed by atoms with Crippen molar-refractivity contribution in [2.45, 2.75) is 0 Å². The molecule has 0 atom stereocenters. The molecule has 0 saturated carbocycles. The number of nitro groups is 1. The first-order chi connectivity index (χ1) is 9.90. The molecule has 7 nitrogen and oxygen atoms in total. The lowest BCUT2D eigenvalue weighted by Crippen LogP contribution is -2.15. The lowest BCUT2D eigenvalue weighted by atomic mass is 10.1. The Morgan fingerprint density at radius 2 is 2.05 bits per heavy atom. The van der Waals surface area contributed by atoms with E-state index in [1.807, 2.05) is 0 Å². The first kappa shape index (κ1) is 14.8. The molecular weight excluding hydrogens is 342 g/mol. The lowest BCUT2D eigenvalue weighted by Gasteiger charge is -2.09. The summed E-state index contributed by atoms with van der Waals surface area (Å²) < 4.78 is 0.633. The highest BCUT2D eigenvalue weighted by atomic mass is 79.9. The van der Waals surface area contributed by atoms with Gasteiger partial charge in [-0.1, -0.05) is 22.0 Å². The van der Waals surface area contributed by atoms with Crippen molar-refractivity contribution in [3.63, 3.8) is 0 Å². The summed E-state index contributed by atoms with van der Waals surface area (Å²) in [6.45, 7) is 0. The number of nitro benzene ring substituents is 1. The number of aromatic hydroxyl groups is 1. The smallest absolute Gasteiger partial charge is 0.296 e. The highest BCUT2D eigenvalue weighted by Crippen LogP contribution is 2.33. The maximum absolute atomic E-state index is 12.2. The molecule has 0 aliphatic carbocycles. The van der Waals surface area contributed by atoms with Gasteiger partial charge in [-0.3, -0.25) is 14.9 Å². The van der Waals surface area contributed by atoms with Crippen LogP contribution in [0, 0.1) is 10.1 Å². The molecule has 2 aromatic carbocycles. The number of hydrogen-bond donors (Lipinski definition) is 3. The predicted molar refractivity (Wildman–Crippen MR) is 81.3 cm³/mol. The van der Waals surface area contributed by atoms with Gasteiger partial charge in [-0.2, -0.15) is 0 Å². The SMILES string of the molecule is Nc1ccc(Br)cc1C(=O)Nc1c(O)cccc1[N+](=O)[O-]. The van der Waals surface area contributed by atoms with Gasteiger partial charge in [0, 0.05) is 16.2 Å². The summed E-state index contributed by atoms with van der Waals surface area (Å²) >= 11 is 3.21. The number of para-hydroxylation sites is 1. The summed E-state index contributed by atoms with van der Waals surface area (Å²) in [6, 6.07) is 8.41. The summed E-state index contributed by atoms with van der Waals surface area (Å²) in [5.74, 6) is -1.05. The van der Waals surface area contributed by atoms with Gasteiger partial charge >= 0.3 is 0 Å². The largest absolute Gasteiger partial charge is 0.505 e. The summed E-state index contributed by atoms with van der Waals surface area (Å²) in [5, 5.41) is 22.9. The molecule has 0 fully saturated rings. The Labute approximate surface area is 127 Å². The van der Waals surface area contributed by atoms with Gasteiger partial charge in [-0.15, -0.1) is 0 Å². The van der Waals surface area contributed by atoms with E-state index in [9.17, 15) is 20.0 Å². The van der Waals surface area contributed by atoms with E-state index in [2.05, 4.69) is 21.2 Å². The Balaban J connectivity index is 2.41. The average molecular weight is 352 g/mol. The highest BCUT2D eigenvalue weighted by Gasteiger charge is 2.21. The second-order valence-electron chi connectivity index (χ2n) is 4.11. The number of nitrogen functional groups attached to an aromatic ring is 1. The zero-order valence-electron chi connectivity index (χ0n) is 10.5. The van der Waals surface area contributed by atoms with Gasteiger partial charge in [-0.05, 0) is 24.3 Å². The van der Waals surface area contributed by atoms with Crippen LogP contribution in [0.4, 0.5) is 17.1 Å². The number of nitrogens with two attached hydrogens (primary N) is 1. The standard InChI is InChI=1S/C13H10BrN3O4/c14-7-4-5-9(15)8(6-7)13(19)16-12-10(17(20)21)2-1-3-11(12)18/h1-6,18H,15H2,(H,16,19). The third kappa shape index (κ3) is 3.11. The molecule has 0 aliphatic rings. The zero-order chi connectivity index (χ0) is 15.6. The van der Waals surface area contributed by atoms with E-state index in [1.54, 1.807) is 6.07 Å². The fraction of sp³-hybridized carbons (Fsp3) is 0. The van der Waals surface area contributed by atoms with Crippen LogP contribution < -0.4 is 11.1 Å². The average Bonchev–Trinajstić information content (AvgIpc) is 2.43. The molecule has 8 heteroatoms. The van der Waals surface area contributed by atoms with Crippen molar-refractivity contribution >= 4 is 38.9 Å². The van der Waals surface area contributed by atoms with Gasteiger partial charge < -0.3 is 16.2 Å². The molecule has 0 spiro atoms.